The molecule has 0 saturated heterocycles. The van der Waals surface area contributed by atoms with Crippen LogP contribution in [0.25, 0.3) is 11.3 Å². The Balaban J connectivity index is 1.70. The van der Waals surface area contributed by atoms with Crippen LogP contribution in [0.1, 0.15) is 27.2 Å². The first kappa shape index (κ1) is 16.4. The van der Waals surface area contributed by atoms with Crippen molar-refractivity contribution >= 4 is 12.1 Å². The van der Waals surface area contributed by atoms with Gasteiger partial charge in [0.25, 0.3) is 5.91 Å². The van der Waals surface area contributed by atoms with Crippen LogP contribution < -0.4 is 5.43 Å². The third-order valence-corrected chi connectivity index (χ3v) is 3.79. The molecule has 0 atom stereocenters. The minimum absolute atomic E-state index is 0.151. The number of hydrogen-bond donors (Lipinski definition) is 3. The highest BCUT2D eigenvalue weighted by atomic mass is 16.3. The Morgan fingerprint density at radius 2 is 1.96 bits per heavy atom. The number of benzene rings is 2. The number of carbonyl (C=O) groups is 1. The number of nitrogens with zero attached hydrogens (tertiary/aromatic N) is 2. The summed E-state index contributed by atoms with van der Waals surface area (Å²) in [4.78, 5) is 12.1. The molecule has 6 heteroatoms. The van der Waals surface area contributed by atoms with Gasteiger partial charge in [0.2, 0.25) is 0 Å². The molecule has 3 N–H and O–H groups in total. The number of phenols is 1. The lowest BCUT2D eigenvalue weighted by Crippen LogP contribution is -2.17. The Morgan fingerprint density at radius 1 is 1.20 bits per heavy atom. The van der Waals surface area contributed by atoms with E-state index in [0.717, 1.165) is 16.7 Å². The molecule has 126 valence electrons. The van der Waals surface area contributed by atoms with Crippen molar-refractivity contribution in [1.82, 2.24) is 15.6 Å². The third kappa shape index (κ3) is 3.74. The molecule has 0 spiro atoms. The number of nitrogens with one attached hydrogen (secondary N) is 2. The minimum Gasteiger partial charge on any atom is -0.507 e. The second-order valence-electron chi connectivity index (χ2n) is 5.75. The molecule has 3 rings (SSSR count). The van der Waals surface area contributed by atoms with Gasteiger partial charge in [0, 0.05) is 5.56 Å². The lowest BCUT2D eigenvalue weighted by molar-refractivity contribution is 0.0950. The van der Waals surface area contributed by atoms with E-state index in [1.165, 1.54) is 0 Å². The van der Waals surface area contributed by atoms with Gasteiger partial charge in [-0.3, -0.25) is 9.89 Å². The van der Waals surface area contributed by atoms with Gasteiger partial charge >= 0.3 is 0 Å². The third-order valence-electron chi connectivity index (χ3n) is 3.79. The van der Waals surface area contributed by atoms with Crippen LogP contribution in [0.4, 0.5) is 0 Å². The number of aromatic amines is 1. The van der Waals surface area contributed by atoms with Gasteiger partial charge in [-0.2, -0.15) is 10.2 Å². The fourth-order valence-electron chi connectivity index (χ4n) is 2.32. The van der Waals surface area contributed by atoms with Gasteiger partial charge in [-0.1, -0.05) is 42.0 Å². The first-order valence-electron chi connectivity index (χ1n) is 7.79. The Labute approximate surface area is 145 Å². The van der Waals surface area contributed by atoms with Crippen LogP contribution >= 0.6 is 0 Å². The van der Waals surface area contributed by atoms with E-state index in [4.69, 9.17) is 0 Å². The van der Waals surface area contributed by atoms with Gasteiger partial charge in [0.05, 0.1) is 11.9 Å². The predicted octanol–water partition coefficient (Wildman–Crippen LogP) is 3.16. The summed E-state index contributed by atoms with van der Waals surface area (Å²) in [5.74, 6) is -0.257. The maximum atomic E-state index is 12.1. The fraction of sp³-hybridized carbons (Fsp3) is 0.105. The van der Waals surface area contributed by atoms with E-state index >= 15 is 0 Å². The fourth-order valence-corrected chi connectivity index (χ4v) is 2.32. The molecule has 2 aromatic carbocycles. The number of phenolic OH excluding ortho intramolecular Hbond substituents is 1. The van der Waals surface area contributed by atoms with Crippen LogP contribution in [0.2, 0.25) is 0 Å². The molecule has 0 unspecified atom stereocenters. The van der Waals surface area contributed by atoms with E-state index in [1.807, 2.05) is 37.3 Å². The van der Waals surface area contributed by atoms with E-state index < -0.39 is 5.91 Å². The molecule has 0 radical (unpaired) electrons. The Bertz CT molecular complexity index is 927. The summed E-state index contributed by atoms with van der Waals surface area (Å²) in [7, 11) is 0. The molecular weight excluding hydrogens is 316 g/mol. The quantitative estimate of drug-likeness (QED) is 0.505. The van der Waals surface area contributed by atoms with Gasteiger partial charge in [-0.15, -0.1) is 0 Å². The van der Waals surface area contributed by atoms with Crippen LogP contribution in [-0.4, -0.2) is 27.4 Å². The van der Waals surface area contributed by atoms with Crippen molar-refractivity contribution < 1.29 is 9.90 Å². The van der Waals surface area contributed by atoms with Gasteiger partial charge in [-0.25, -0.2) is 5.43 Å². The van der Waals surface area contributed by atoms with E-state index in [-0.39, 0.29) is 11.4 Å². The van der Waals surface area contributed by atoms with Crippen LogP contribution in [0.3, 0.4) is 0 Å². The zero-order chi connectivity index (χ0) is 17.8. The van der Waals surface area contributed by atoms with Gasteiger partial charge in [0.15, 0.2) is 0 Å². The highest BCUT2D eigenvalue weighted by Crippen LogP contribution is 2.30. The summed E-state index contributed by atoms with van der Waals surface area (Å²) in [6.45, 7) is 3.81. The first-order chi connectivity index (χ1) is 12.0. The maximum Gasteiger partial charge on any atom is 0.289 e. The van der Waals surface area contributed by atoms with Crippen LogP contribution in [-0.2, 0) is 0 Å². The van der Waals surface area contributed by atoms with E-state index in [9.17, 15) is 9.90 Å². The largest absolute Gasteiger partial charge is 0.507 e. The molecule has 25 heavy (non-hydrogen) atoms. The molecule has 0 fully saturated rings. The topological polar surface area (TPSA) is 90.4 Å². The molecule has 1 aromatic heterocycles. The monoisotopic (exact) mass is 334 g/mol. The molecule has 6 nitrogen and oxygen atoms in total. The Hall–Kier alpha value is -3.41. The zero-order valence-electron chi connectivity index (χ0n) is 13.9. The normalized spacial score (nSPS) is 11.0. The summed E-state index contributed by atoms with van der Waals surface area (Å²) in [6.07, 6.45) is 1.57. The van der Waals surface area contributed by atoms with Crippen molar-refractivity contribution in [2.45, 2.75) is 13.8 Å². The highest BCUT2D eigenvalue weighted by Gasteiger charge is 2.13. The van der Waals surface area contributed by atoms with Crippen LogP contribution in [0.5, 0.6) is 5.75 Å². The second kappa shape index (κ2) is 7.00. The van der Waals surface area contributed by atoms with Crippen molar-refractivity contribution in [2.75, 3.05) is 0 Å². The summed E-state index contributed by atoms with van der Waals surface area (Å²) in [5, 5.41) is 20.8. The number of carbonyl (C=O) groups excluding carboxylic acids is 1. The summed E-state index contributed by atoms with van der Waals surface area (Å²) < 4.78 is 0. The number of H-pyrrole nitrogens is 1. The summed E-state index contributed by atoms with van der Waals surface area (Å²) >= 11 is 0. The predicted molar refractivity (Wildman–Crippen MR) is 96.7 cm³/mol. The van der Waals surface area contributed by atoms with Crippen LogP contribution in [0, 0.1) is 13.8 Å². The number of aromatic nitrogens is 2. The van der Waals surface area contributed by atoms with E-state index in [0.29, 0.717) is 11.3 Å². The molecular formula is C19H18N4O2. The van der Waals surface area contributed by atoms with Gasteiger partial charge in [0.1, 0.15) is 11.4 Å². The molecule has 0 aliphatic carbocycles. The van der Waals surface area contributed by atoms with Crippen LogP contribution in [0.15, 0.2) is 53.6 Å². The molecule has 1 heterocycles. The lowest BCUT2D eigenvalue weighted by atomic mass is 10.1. The lowest BCUT2D eigenvalue weighted by Gasteiger charge is -2.03. The van der Waals surface area contributed by atoms with Crippen molar-refractivity contribution in [3.05, 3.63) is 70.9 Å². The van der Waals surface area contributed by atoms with Gasteiger partial charge < -0.3 is 5.11 Å². The molecule has 0 saturated carbocycles. The standard InChI is InChI=1S/C19H18N4O2/c1-12-6-8-14(9-7-12)11-20-23-19(25)17-10-16(21-22-17)15-5-3-4-13(2)18(15)24/h3-11,24H,1-2H3,(H,21,22)(H,23,25). The number of aromatic hydroxyl groups is 1. The van der Waals surface area contributed by atoms with Crippen molar-refractivity contribution in [3.8, 4) is 17.0 Å². The van der Waals surface area contributed by atoms with E-state index in [2.05, 4.69) is 20.7 Å². The van der Waals surface area contributed by atoms with Gasteiger partial charge in [-0.05, 0) is 37.1 Å². The average molecular weight is 334 g/mol. The number of para-hydroxylation sites is 1. The molecule has 0 bridgehead atoms. The number of rotatable bonds is 4. The molecule has 0 aliphatic heterocycles. The summed E-state index contributed by atoms with van der Waals surface area (Å²) in [5.41, 5.74) is 6.57. The smallest absolute Gasteiger partial charge is 0.289 e. The SMILES string of the molecule is Cc1ccc(C=NNC(=O)c2cc(-c3cccc(C)c3O)n[nH]2)cc1. The number of amides is 1. The highest BCUT2D eigenvalue weighted by molar-refractivity contribution is 5.94. The molecule has 1 amide bonds. The maximum absolute atomic E-state index is 12.1. The van der Waals surface area contributed by atoms with Crippen molar-refractivity contribution in [3.63, 3.8) is 0 Å². The second-order valence-corrected chi connectivity index (χ2v) is 5.75. The van der Waals surface area contributed by atoms with Crippen molar-refractivity contribution in [1.29, 1.82) is 0 Å². The summed E-state index contributed by atoms with van der Waals surface area (Å²) in [6, 6.07) is 14.7. The molecule has 0 aliphatic rings. The first-order valence-corrected chi connectivity index (χ1v) is 7.79. The number of hydrogen-bond acceptors (Lipinski definition) is 4. The van der Waals surface area contributed by atoms with Crippen molar-refractivity contribution in [2.24, 2.45) is 5.10 Å². The number of aryl methyl sites for hydroxylation is 2. The Morgan fingerprint density at radius 3 is 2.72 bits per heavy atom. The number of hydrazone groups is 1. The zero-order valence-corrected chi connectivity index (χ0v) is 13.9. The minimum atomic E-state index is -0.408. The van der Waals surface area contributed by atoms with E-state index in [1.54, 1.807) is 31.3 Å². The molecule has 3 aromatic rings. The average Bonchev–Trinajstić information content (AvgIpc) is 3.09. The Kier molecular flexibility index (Phi) is 4.61.